The Morgan fingerprint density at radius 2 is 1.91 bits per heavy atom. The summed E-state index contributed by atoms with van der Waals surface area (Å²) in [6.07, 6.45) is 0. The highest BCUT2D eigenvalue weighted by molar-refractivity contribution is 6.03. The van der Waals surface area contributed by atoms with Crippen molar-refractivity contribution in [1.82, 2.24) is 5.16 Å². The summed E-state index contributed by atoms with van der Waals surface area (Å²) >= 11 is 0. The third-order valence-electron chi connectivity index (χ3n) is 3.27. The summed E-state index contributed by atoms with van der Waals surface area (Å²) in [5, 5.41) is 16.1. The first-order valence-corrected chi connectivity index (χ1v) is 6.86. The predicted octanol–water partition coefficient (Wildman–Crippen LogP) is 3.75. The Balaban J connectivity index is 1.81. The molecule has 0 saturated carbocycles. The van der Waals surface area contributed by atoms with Crippen LogP contribution in [0.2, 0.25) is 0 Å². The van der Waals surface area contributed by atoms with Crippen LogP contribution in [0.25, 0.3) is 11.3 Å². The van der Waals surface area contributed by atoms with E-state index >= 15 is 0 Å². The smallest absolute Gasteiger partial charge is 0.294 e. The van der Waals surface area contributed by atoms with Gasteiger partial charge in [-0.15, -0.1) is 0 Å². The highest BCUT2D eigenvalue weighted by Crippen LogP contribution is 2.25. The van der Waals surface area contributed by atoms with E-state index in [0.717, 1.165) is 5.56 Å². The van der Waals surface area contributed by atoms with Gasteiger partial charge in [-0.3, -0.25) is 4.79 Å². The van der Waals surface area contributed by atoms with Crippen LogP contribution in [0.1, 0.15) is 16.1 Å². The average molecular weight is 312 g/mol. The summed E-state index contributed by atoms with van der Waals surface area (Å²) in [5.74, 6) is -0.940. The number of hydrogen-bond donors (Lipinski definition) is 2. The standard InChI is InChI=1S/C17H13FN2O3/c1-10-2-7-15(21)14(8-10)19-17(22)16-9-13(20-23-16)11-3-5-12(18)6-4-11/h2-9,21H,1H3,(H,19,22). The van der Waals surface area contributed by atoms with Crippen molar-refractivity contribution < 1.29 is 18.8 Å². The van der Waals surface area contributed by atoms with Gasteiger partial charge in [0.1, 0.15) is 17.3 Å². The number of nitrogens with one attached hydrogen (secondary N) is 1. The number of rotatable bonds is 3. The van der Waals surface area contributed by atoms with Crippen LogP contribution in [0.4, 0.5) is 10.1 Å². The zero-order chi connectivity index (χ0) is 16.4. The summed E-state index contributed by atoms with van der Waals surface area (Å²) in [6, 6.07) is 12.0. The number of anilines is 1. The van der Waals surface area contributed by atoms with Crippen molar-refractivity contribution >= 4 is 11.6 Å². The number of nitrogens with zero attached hydrogens (tertiary/aromatic N) is 1. The fourth-order valence-corrected chi connectivity index (χ4v) is 2.07. The normalized spacial score (nSPS) is 10.5. The predicted molar refractivity (Wildman–Crippen MR) is 82.7 cm³/mol. The minimum absolute atomic E-state index is 0.00905. The highest BCUT2D eigenvalue weighted by Gasteiger charge is 2.15. The summed E-state index contributed by atoms with van der Waals surface area (Å²) in [4.78, 5) is 12.2. The molecule has 0 saturated heterocycles. The van der Waals surface area contributed by atoms with Gasteiger partial charge in [0, 0.05) is 11.6 Å². The zero-order valence-electron chi connectivity index (χ0n) is 12.2. The molecule has 5 nitrogen and oxygen atoms in total. The Labute approximate surface area is 131 Å². The van der Waals surface area contributed by atoms with Crippen LogP contribution in [0.5, 0.6) is 5.75 Å². The van der Waals surface area contributed by atoms with Crippen LogP contribution < -0.4 is 5.32 Å². The van der Waals surface area contributed by atoms with Crippen molar-refractivity contribution in [2.75, 3.05) is 5.32 Å². The second-order valence-corrected chi connectivity index (χ2v) is 5.06. The Bertz CT molecular complexity index is 857. The van der Waals surface area contributed by atoms with E-state index in [2.05, 4.69) is 10.5 Å². The number of halogens is 1. The monoisotopic (exact) mass is 312 g/mol. The number of benzene rings is 2. The van der Waals surface area contributed by atoms with Gasteiger partial charge < -0.3 is 14.9 Å². The largest absolute Gasteiger partial charge is 0.506 e. The van der Waals surface area contributed by atoms with Crippen LogP contribution in [0.15, 0.2) is 53.1 Å². The van der Waals surface area contributed by atoms with Crippen LogP contribution in [-0.4, -0.2) is 16.2 Å². The van der Waals surface area contributed by atoms with Gasteiger partial charge in [0.25, 0.3) is 5.91 Å². The fourth-order valence-electron chi connectivity index (χ4n) is 2.07. The maximum absolute atomic E-state index is 12.9. The molecule has 6 heteroatoms. The number of aryl methyl sites for hydroxylation is 1. The van der Waals surface area contributed by atoms with E-state index < -0.39 is 5.91 Å². The Hall–Kier alpha value is -3.15. The Kier molecular flexibility index (Phi) is 3.80. The van der Waals surface area contributed by atoms with Crippen molar-refractivity contribution in [3.8, 4) is 17.0 Å². The summed E-state index contributed by atoms with van der Waals surface area (Å²) in [5.41, 5.74) is 2.23. The number of phenolic OH excluding ortho intramolecular Hbond substituents is 1. The van der Waals surface area contributed by atoms with Gasteiger partial charge in [0.15, 0.2) is 0 Å². The molecule has 3 rings (SSSR count). The van der Waals surface area contributed by atoms with E-state index in [4.69, 9.17) is 4.52 Å². The van der Waals surface area contributed by atoms with Gasteiger partial charge in [0.2, 0.25) is 5.76 Å². The van der Waals surface area contributed by atoms with Crippen molar-refractivity contribution in [3.63, 3.8) is 0 Å². The molecule has 0 bridgehead atoms. The number of aromatic nitrogens is 1. The van der Waals surface area contributed by atoms with Gasteiger partial charge in [-0.25, -0.2) is 4.39 Å². The molecule has 0 spiro atoms. The number of hydrogen-bond acceptors (Lipinski definition) is 4. The van der Waals surface area contributed by atoms with E-state index in [1.54, 1.807) is 24.3 Å². The highest BCUT2D eigenvalue weighted by atomic mass is 19.1. The minimum Gasteiger partial charge on any atom is -0.506 e. The van der Waals surface area contributed by atoms with Gasteiger partial charge in [-0.05, 0) is 48.9 Å². The molecule has 1 amide bonds. The van der Waals surface area contributed by atoms with E-state index in [0.29, 0.717) is 11.3 Å². The molecule has 0 aliphatic rings. The molecule has 0 radical (unpaired) electrons. The first-order chi connectivity index (χ1) is 11.0. The third-order valence-corrected chi connectivity index (χ3v) is 3.27. The van der Waals surface area contributed by atoms with Gasteiger partial charge in [-0.1, -0.05) is 11.2 Å². The first kappa shape index (κ1) is 14.8. The lowest BCUT2D eigenvalue weighted by Crippen LogP contribution is -2.11. The molecular formula is C17H13FN2O3. The lowest BCUT2D eigenvalue weighted by Gasteiger charge is -2.06. The van der Waals surface area contributed by atoms with Crippen LogP contribution >= 0.6 is 0 Å². The molecule has 2 aromatic carbocycles. The second-order valence-electron chi connectivity index (χ2n) is 5.06. The molecule has 0 aliphatic carbocycles. The summed E-state index contributed by atoms with van der Waals surface area (Å²) < 4.78 is 17.9. The second kappa shape index (κ2) is 5.92. The van der Waals surface area contributed by atoms with Crippen molar-refractivity contribution in [3.05, 3.63) is 65.7 Å². The Morgan fingerprint density at radius 3 is 2.65 bits per heavy atom. The lowest BCUT2D eigenvalue weighted by atomic mass is 10.1. The SMILES string of the molecule is Cc1ccc(O)c(NC(=O)c2cc(-c3ccc(F)cc3)no2)c1. The van der Waals surface area contributed by atoms with Crippen LogP contribution in [-0.2, 0) is 0 Å². The molecule has 1 heterocycles. The quantitative estimate of drug-likeness (QED) is 0.722. The minimum atomic E-state index is -0.535. The maximum Gasteiger partial charge on any atom is 0.294 e. The van der Waals surface area contributed by atoms with Crippen molar-refractivity contribution in [1.29, 1.82) is 0 Å². The first-order valence-electron chi connectivity index (χ1n) is 6.86. The molecule has 116 valence electrons. The maximum atomic E-state index is 12.9. The van der Waals surface area contributed by atoms with Gasteiger partial charge in [-0.2, -0.15) is 0 Å². The Morgan fingerprint density at radius 1 is 1.17 bits per heavy atom. The number of aromatic hydroxyl groups is 1. The number of amides is 1. The molecule has 2 N–H and O–H groups in total. The number of phenols is 1. The molecule has 0 aliphatic heterocycles. The van der Waals surface area contributed by atoms with E-state index in [1.807, 2.05) is 6.92 Å². The zero-order valence-corrected chi connectivity index (χ0v) is 12.2. The molecule has 0 atom stereocenters. The summed E-state index contributed by atoms with van der Waals surface area (Å²) in [7, 11) is 0. The number of carbonyl (C=O) groups is 1. The number of carbonyl (C=O) groups excluding carboxylic acids is 1. The lowest BCUT2D eigenvalue weighted by molar-refractivity contribution is 0.0987. The van der Waals surface area contributed by atoms with Crippen molar-refractivity contribution in [2.24, 2.45) is 0 Å². The van der Waals surface area contributed by atoms with E-state index in [1.165, 1.54) is 24.3 Å². The third kappa shape index (κ3) is 3.21. The van der Waals surface area contributed by atoms with Gasteiger partial charge >= 0.3 is 0 Å². The average Bonchev–Trinajstić information content (AvgIpc) is 3.02. The van der Waals surface area contributed by atoms with Crippen molar-refractivity contribution in [2.45, 2.75) is 6.92 Å². The topological polar surface area (TPSA) is 75.4 Å². The van der Waals surface area contributed by atoms with E-state index in [-0.39, 0.29) is 23.0 Å². The molecule has 1 aromatic heterocycles. The molecule has 23 heavy (non-hydrogen) atoms. The molecule has 3 aromatic rings. The molecule has 0 unspecified atom stereocenters. The van der Waals surface area contributed by atoms with Crippen LogP contribution in [0, 0.1) is 12.7 Å². The van der Waals surface area contributed by atoms with E-state index in [9.17, 15) is 14.3 Å². The van der Waals surface area contributed by atoms with Gasteiger partial charge in [0.05, 0.1) is 5.69 Å². The molecular weight excluding hydrogens is 299 g/mol. The summed E-state index contributed by atoms with van der Waals surface area (Å²) in [6.45, 7) is 1.84. The fraction of sp³-hybridized carbons (Fsp3) is 0.0588. The van der Waals surface area contributed by atoms with Crippen LogP contribution in [0.3, 0.4) is 0 Å². The molecule has 0 fully saturated rings.